The Morgan fingerprint density at radius 1 is 1.24 bits per heavy atom. The van der Waals surface area contributed by atoms with Crippen molar-refractivity contribution in [2.24, 2.45) is 0 Å². The number of halogens is 1. The fraction of sp³-hybridized carbons (Fsp3) is 0.438. The van der Waals surface area contributed by atoms with E-state index in [4.69, 9.17) is 0 Å². The van der Waals surface area contributed by atoms with Gasteiger partial charge in [-0.25, -0.2) is 4.68 Å². The normalized spacial score (nSPS) is 15.9. The molecular formula is C16H23ClN4. The Labute approximate surface area is 132 Å². The van der Waals surface area contributed by atoms with Crippen LogP contribution >= 0.6 is 12.4 Å². The molecule has 0 radical (unpaired) electrons. The number of piperidine rings is 1. The van der Waals surface area contributed by atoms with Crippen LogP contribution in [0.25, 0.3) is 5.69 Å². The summed E-state index contributed by atoms with van der Waals surface area (Å²) in [6.07, 6.45) is 6.59. The van der Waals surface area contributed by atoms with Crippen LogP contribution in [0.2, 0.25) is 0 Å². The second kappa shape index (κ2) is 7.59. The first-order valence-electron chi connectivity index (χ1n) is 7.33. The molecule has 0 unspecified atom stereocenters. The highest BCUT2D eigenvalue weighted by Crippen LogP contribution is 2.14. The van der Waals surface area contributed by atoms with Crippen molar-refractivity contribution in [1.82, 2.24) is 20.0 Å². The number of benzene rings is 1. The van der Waals surface area contributed by atoms with Gasteiger partial charge in [0.25, 0.3) is 0 Å². The number of para-hydroxylation sites is 1. The van der Waals surface area contributed by atoms with Gasteiger partial charge in [0.15, 0.2) is 0 Å². The highest BCUT2D eigenvalue weighted by atomic mass is 35.5. The fourth-order valence-electron chi connectivity index (χ4n) is 2.83. The molecule has 0 amide bonds. The van der Waals surface area contributed by atoms with E-state index in [1.54, 1.807) is 0 Å². The molecule has 0 atom stereocenters. The van der Waals surface area contributed by atoms with Gasteiger partial charge in [0.05, 0.1) is 11.9 Å². The third kappa shape index (κ3) is 4.06. The second-order valence-corrected chi connectivity index (χ2v) is 5.52. The van der Waals surface area contributed by atoms with E-state index in [0.29, 0.717) is 6.04 Å². The second-order valence-electron chi connectivity index (χ2n) is 5.52. The highest BCUT2D eigenvalue weighted by Gasteiger charge is 2.18. The molecule has 1 aromatic carbocycles. The lowest BCUT2D eigenvalue weighted by molar-refractivity contribution is 0.192. The van der Waals surface area contributed by atoms with E-state index in [1.165, 1.54) is 18.4 Å². The first kappa shape index (κ1) is 16.0. The van der Waals surface area contributed by atoms with Crippen LogP contribution in [0.15, 0.2) is 42.7 Å². The number of hydrogen-bond donors (Lipinski definition) is 1. The summed E-state index contributed by atoms with van der Waals surface area (Å²) >= 11 is 0. The van der Waals surface area contributed by atoms with Crippen LogP contribution in [-0.4, -0.2) is 40.9 Å². The average Bonchev–Trinajstić information content (AvgIpc) is 2.97. The maximum atomic E-state index is 4.46. The molecule has 2 heterocycles. The molecule has 2 aromatic rings. The zero-order valence-corrected chi connectivity index (χ0v) is 13.2. The zero-order valence-electron chi connectivity index (χ0n) is 12.4. The molecule has 1 aromatic heterocycles. The Kier molecular flexibility index (Phi) is 5.79. The highest BCUT2D eigenvalue weighted by molar-refractivity contribution is 5.85. The zero-order chi connectivity index (χ0) is 13.8. The summed E-state index contributed by atoms with van der Waals surface area (Å²) < 4.78 is 1.95. The maximum absolute atomic E-state index is 4.46. The molecule has 1 aliphatic heterocycles. The predicted octanol–water partition coefficient (Wildman–Crippen LogP) is 2.48. The molecular weight excluding hydrogens is 284 g/mol. The van der Waals surface area contributed by atoms with Crippen molar-refractivity contribution in [3.05, 3.63) is 48.3 Å². The summed E-state index contributed by atoms with van der Waals surface area (Å²) in [5, 5.41) is 7.88. The van der Waals surface area contributed by atoms with Crippen molar-refractivity contribution in [3.8, 4) is 5.69 Å². The molecule has 4 nitrogen and oxygen atoms in total. The molecule has 1 N–H and O–H groups in total. The van der Waals surface area contributed by atoms with Gasteiger partial charge in [-0.2, -0.15) is 5.10 Å². The Hall–Kier alpha value is -1.36. The largest absolute Gasteiger partial charge is 0.317 e. The van der Waals surface area contributed by atoms with Gasteiger partial charge >= 0.3 is 0 Å². The van der Waals surface area contributed by atoms with Crippen molar-refractivity contribution in [2.45, 2.75) is 25.4 Å². The Morgan fingerprint density at radius 3 is 2.67 bits per heavy atom. The number of rotatable bonds is 4. The molecule has 0 spiro atoms. The van der Waals surface area contributed by atoms with Gasteiger partial charge in [0.2, 0.25) is 0 Å². The molecule has 1 aliphatic rings. The van der Waals surface area contributed by atoms with Gasteiger partial charge in [0, 0.05) is 24.3 Å². The fourth-order valence-corrected chi connectivity index (χ4v) is 2.83. The van der Waals surface area contributed by atoms with Gasteiger partial charge in [-0.15, -0.1) is 12.4 Å². The summed E-state index contributed by atoms with van der Waals surface area (Å²) in [6.45, 7) is 3.24. The lowest BCUT2D eigenvalue weighted by Gasteiger charge is -2.31. The van der Waals surface area contributed by atoms with Crippen molar-refractivity contribution < 1.29 is 0 Å². The number of hydrogen-bond acceptors (Lipinski definition) is 3. The van der Waals surface area contributed by atoms with Crippen LogP contribution in [0, 0.1) is 0 Å². The molecule has 1 saturated heterocycles. The molecule has 3 rings (SSSR count). The Bertz CT molecular complexity index is 534. The van der Waals surface area contributed by atoms with E-state index < -0.39 is 0 Å². The molecule has 1 fully saturated rings. The van der Waals surface area contributed by atoms with Crippen LogP contribution in [0.4, 0.5) is 0 Å². The summed E-state index contributed by atoms with van der Waals surface area (Å²) in [7, 11) is 2.22. The van der Waals surface area contributed by atoms with Crippen molar-refractivity contribution >= 4 is 12.4 Å². The van der Waals surface area contributed by atoms with Gasteiger partial charge in [-0.1, -0.05) is 18.2 Å². The summed E-state index contributed by atoms with van der Waals surface area (Å²) in [4.78, 5) is 2.45. The first-order chi connectivity index (χ1) is 9.83. The minimum atomic E-state index is 0. The number of nitrogens with one attached hydrogen (secondary N) is 1. The first-order valence-corrected chi connectivity index (χ1v) is 7.33. The lowest BCUT2D eigenvalue weighted by Crippen LogP contribution is -2.40. The van der Waals surface area contributed by atoms with E-state index in [2.05, 4.69) is 40.7 Å². The molecule has 21 heavy (non-hydrogen) atoms. The van der Waals surface area contributed by atoms with Crippen molar-refractivity contribution in [2.75, 3.05) is 20.1 Å². The summed E-state index contributed by atoms with van der Waals surface area (Å²) in [5.74, 6) is 0. The molecule has 114 valence electrons. The van der Waals surface area contributed by atoms with Crippen LogP contribution < -0.4 is 5.32 Å². The Morgan fingerprint density at radius 2 is 1.95 bits per heavy atom. The van der Waals surface area contributed by atoms with Gasteiger partial charge < -0.3 is 5.32 Å². The third-order valence-corrected chi connectivity index (χ3v) is 4.02. The van der Waals surface area contributed by atoms with Gasteiger partial charge in [-0.3, -0.25) is 4.90 Å². The quantitative estimate of drug-likeness (QED) is 0.942. The predicted molar refractivity (Wildman–Crippen MR) is 88.2 cm³/mol. The van der Waals surface area contributed by atoms with Gasteiger partial charge in [-0.05, 0) is 45.1 Å². The molecule has 0 saturated carbocycles. The minimum absolute atomic E-state index is 0. The van der Waals surface area contributed by atoms with E-state index >= 15 is 0 Å². The van der Waals surface area contributed by atoms with Crippen molar-refractivity contribution in [1.29, 1.82) is 0 Å². The maximum Gasteiger partial charge on any atom is 0.0645 e. The van der Waals surface area contributed by atoms with Crippen LogP contribution in [0.1, 0.15) is 18.4 Å². The van der Waals surface area contributed by atoms with Crippen LogP contribution in [-0.2, 0) is 6.54 Å². The average molecular weight is 307 g/mol. The molecule has 0 aliphatic carbocycles. The molecule has 0 bridgehead atoms. The van der Waals surface area contributed by atoms with Crippen molar-refractivity contribution in [3.63, 3.8) is 0 Å². The third-order valence-electron chi connectivity index (χ3n) is 4.02. The van der Waals surface area contributed by atoms with E-state index in [1.807, 2.05) is 29.1 Å². The van der Waals surface area contributed by atoms with Crippen LogP contribution in [0.5, 0.6) is 0 Å². The summed E-state index contributed by atoms with van der Waals surface area (Å²) in [5.41, 5.74) is 2.39. The van der Waals surface area contributed by atoms with E-state index in [9.17, 15) is 0 Å². The number of aromatic nitrogens is 2. The Balaban J connectivity index is 0.00000161. The van der Waals surface area contributed by atoms with Crippen LogP contribution in [0.3, 0.4) is 0 Å². The summed E-state index contributed by atoms with van der Waals surface area (Å²) in [6, 6.07) is 11.0. The van der Waals surface area contributed by atoms with E-state index in [0.717, 1.165) is 25.3 Å². The van der Waals surface area contributed by atoms with Gasteiger partial charge in [0.1, 0.15) is 0 Å². The smallest absolute Gasteiger partial charge is 0.0645 e. The minimum Gasteiger partial charge on any atom is -0.317 e. The monoisotopic (exact) mass is 306 g/mol. The molecule has 5 heteroatoms. The van der Waals surface area contributed by atoms with E-state index in [-0.39, 0.29) is 12.4 Å². The number of nitrogens with zero attached hydrogens (tertiary/aromatic N) is 3. The lowest BCUT2D eigenvalue weighted by atomic mass is 10.1. The standard InChI is InChI=1S/C16H22N4.ClH/c1-19(15-7-9-17-10-8-15)12-14-11-18-20(13-14)16-5-3-2-4-6-16;/h2-6,11,13,15,17H,7-10,12H2,1H3;1H. The topological polar surface area (TPSA) is 33.1 Å². The SMILES string of the molecule is CN(Cc1cnn(-c2ccccc2)c1)C1CCNCC1.Cl.